The van der Waals surface area contributed by atoms with Crippen molar-refractivity contribution < 1.29 is 38.0 Å². The number of methoxy groups -OCH3 is 2. The molecule has 0 fully saturated rings. The van der Waals surface area contributed by atoms with Crippen LogP contribution in [0.3, 0.4) is 0 Å². The van der Waals surface area contributed by atoms with Crippen LogP contribution in [0.1, 0.15) is 50.5 Å². The summed E-state index contributed by atoms with van der Waals surface area (Å²) < 4.78 is 34.9. The first-order valence-corrected chi connectivity index (χ1v) is 14.5. The number of rotatable bonds is 8. The quantitative estimate of drug-likeness (QED) is 0.134. The van der Waals surface area contributed by atoms with Crippen molar-refractivity contribution in [1.29, 1.82) is 0 Å². The molecule has 0 N–H and O–H groups in total. The van der Waals surface area contributed by atoms with Gasteiger partial charge >= 0.3 is 5.97 Å². The number of benzene rings is 4. The highest BCUT2D eigenvalue weighted by atomic mass is 16.5. The maximum absolute atomic E-state index is 13.5. The van der Waals surface area contributed by atoms with E-state index in [9.17, 15) is 9.59 Å². The number of Topliss-reactive ketones (excluding diaryl/α,β-unsaturated/α-hetero) is 1. The van der Waals surface area contributed by atoms with Crippen molar-refractivity contribution in [2.75, 3.05) is 27.4 Å². The van der Waals surface area contributed by atoms with Gasteiger partial charge in [-0.05, 0) is 59.2 Å². The van der Waals surface area contributed by atoms with Crippen molar-refractivity contribution in [3.8, 4) is 34.5 Å². The normalized spacial score (nSPS) is 17.2. The Morgan fingerprint density at radius 3 is 2.57 bits per heavy atom. The zero-order chi connectivity index (χ0) is 30.2. The minimum Gasteiger partial charge on any atom is -0.497 e. The van der Waals surface area contributed by atoms with Gasteiger partial charge in [0.25, 0.3) is 0 Å². The summed E-state index contributed by atoms with van der Waals surface area (Å²) >= 11 is 0. The number of carbonyl (C=O) groups excluding carboxylic acids is 2. The van der Waals surface area contributed by atoms with Crippen molar-refractivity contribution in [3.05, 3.63) is 112 Å². The summed E-state index contributed by atoms with van der Waals surface area (Å²) in [4.78, 5) is 26.3. The van der Waals surface area contributed by atoms with E-state index in [0.29, 0.717) is 59.5 Å². The Morgan fingerprint density at radius 1 is 0.909 bits per heavy atom. The van der Waals surface area contributed by atoms with Gasteiger partial charge in [0.1, 0.15) is 23.0 Å². The first-order valence-electron chi connectivity index (χ1n) is 14.5. The Labute approximate surface area is 254 Å². The van der Waals surface area contributed by atoms with Crippen LogP contribution in [0.5, 0.6) is 34.5 Å². The SMILES string of the molecule is COc1ccc(/C=C2\Oc3c(ccc4c3[C@H](c3cccc(OC)c3OCCc3ccc5c(c3)CCO5)CC(=O)O4)C2=O)cc1. The van der Waals surface area contributed by atoms with Crippen molar-refractivity contribution in [3.63, 3.8) is 0 Å². The van der Waals surface area contributed by atoms with Gasteiger partial charge in [0.05, 0.1) is 39.4 Å². The number of hydrogen-bond acceptors (Lipinski definition) is 8. The third kappa shape index (κ3) is 5.02. The molecule has 1 atom stereocenters. The van der Waals surface area contributed by atoms with Crippen molar-refractivity contribution in [1.82, 2.24) is 0 Å². The Kier molecular flexibility index (Phi) is 7.18. The molecule has 44 heavy (non-hydrogen) atoms. The second-order valence-corrected chi connectivity index (χ2v) is 10.8. The molecule has 0 spiro atoms. The molecule has 8 nitrogen and oxygen atoms in total. The summed E-state index contributed by atoms with van der Waals surface area (Å²) in [6.07, 6.45) is 3.33. The lowest BCUT2D eigenvalue weighted by Crippen LogP contribution is -2.22. The van der Waals surface area contributed by atoms with Crippen LogP contribution in [0.4, 0.5) is 0 Å². The third-order valence-corrected chi connectivity index (χ3v) is 8.19. The van der Waals surface area contributed by atoms with Crippen LogP contribution in [0.15, 0.2) is 78.6 Å². The highest BCUT2D eigenvalue weighted by molar-refractivity contribution is 6.15. The summed E-state index contributed by atoms with van der Waals surface area (Å²) in [6.45, 7) is 1.11. The second kappa shape index (κ2) is 11.4. The van der Waals surface area contributed by atoms with E-state index in [-0.39, 0.29) is 23.9 Å². The minimum absolute atomic E-state index is 0.0485. The van der Waals surface area contributed by atoms with Gasteiger partial charge in [0.2, 0.25) is 5.78 Å². The summed E-state index contributed by atoms with van der Waals surface area (Å²) in [5, 5.41) is 0. The summed E-state index contributed by atoms with van der Waals surface area (Å²) in [5.41, 5.74) is 4.95. The predicted molar refractivity (Wildman–Crippen MR) is 162 cm³/mol. The topological polar surface area (TPSA) is 89.5 Å². The molecular formula is C36H30O8. The molecule has 8 heteroatoms. The lowest BCUT2D eigenvalue weighted by Gasteiger charge is -2.28. The Bertz CT molecular complexity index is 1800. The fourth-order valence-electron chi connectivity index (χ4n) is 6.01. The van der Waals surface area contributed by atoms with Gasteiger partial charge in [-0.3, -0.25) is 9.59 Å². The van der Waals surface area contributed by atoms with Crippen LogP contribution >= 0.6 is 0 Å². The fourth-order valence-corrected chi connectivity index (χ4v) is 6.01. The van der Waals surface area contributed by atoms with Crippen LogP contribution < -0.4 is 28.4 Å². The molecule has 0 aromatic heterocycles. The van der Waals surface area contributed by atoms with Crippen LogP contribution in [0.2, 0.25) is 0 Å². The van der Waals surface area contributed by atoms with Crippen LogP contribution in [0.25, 0.3) is 6.08 Å². The average Bonchev–Trinajstić information content (AvgIpc) is 3.64. The molecule has 3 aliphatic heterocycles. The number of ether oxygens (including phenoxy) is 6. The molecule has 7 rings (SSSR count). The van der Waals surface area contributed by atoms with E-state index < -0.39 is 5.92 Å². The molecule has 0 saturated heterocycles. The molecule has 0 bridgehead atoms. The zero-order valence-corrected chi connectivity index (χ0v) is 24.4. The monoisotopic (exact) mass is 590 g/mol. The highest BCUT2D eigenvalue weighted by Gasteiger charge is 2.40. The zero-order valence-electron chi connectivity index (χ0n) is 24.4. The molecular weight excluding hydrogens is 560 g/mol. The fraction of sp³-hybridized carbons (Fsp3) is 0.222. The summed E-state index contributed by atoms with van der Waals surface area (Å²) in [6, 6.07) is 22.5. The Balaban J connectivity index is 1.22. The largest absolute Gasteiger partial charge is 0.497 e. The van der Waals surface area contributed by atoms with Gasteiger partial charge in [-0.1, -0.05) is 36.4 Å². The number of esters is 1. The van der Waals surface area contributed by atoms with Gasteiger partial charge in [-0.2, -0.15) is 0 Å². The number of allylic oxidation sites excluding steroid dienone is 1. The first kappa shape index (κ1) is 27.6. The third-order valence-electron chi connectivity index (χ3n) is 8.19. The van der Waals surface area contributed by atoms with Gasteiger partial charge in [-0.15, -0.1) is 0 Å². The predicted octanol–water partition coefficient (Wildman–Crippen LogP) is 6.32. The molecule has 0 unspecified atom stereocenters. The van der Waals surface area contributed by atoms with Gasteiger partial charge in [0, 0.05) is 29.9 Å². The van der Waals surface area contributed by atoms with Crippen LogP contribution in [0, 0.1) is 0 Å². The molecule has 3 heterocycles. The average molecular weight is 591 g/mol. The molecule has 4 aromatic rings. The maximum atomic E-state index is 13.5. The van der Waals surface area contributed by atoms with Gasteiger partial charge in [0.15, 0.2) is 17.3 Å². The standard InChI is InChI=1S/C36H30O8/c1-39-24-9-6-21(7-10-24)19-31-34(38)26-11-13-29-33(36(26)44-31)27(20-32(37)43-29)25-4-3-5-30(40-2)35(25)42-16-14-22-8-12-28-23(18-22)15-17-41-28/h3-13,18-19,27H,14-17,20H2,1-2H3/b31-19-/t27-/m0/s1. The van der Waals surface area contributed by atoms with E-state index in [1.165, 1.54) is 5.56 Å². The van der Waals surface area contributed by atoms with Crippen molar-refractivity contribution in [2.24, 2.45) is 0 Å². The van der Waals surface area contributed by atoms with Gasteiger partial charge < -0.3 is 28.4 Å². The smallest absolute Gasteiger partial charge is 0.312 e. The lowest BCUT2D eigenvalue weighted by atomic mass is 9.84. The number of carbonyl (C=O) groups is 2. The lowest BCUT2D eigenvalue weighted by molar-refractivity contribution is -0.135. The summed E-state index contributed by atoms with van der Waals surface area (Å²) in [5.74, 6) is 2.58. The van der Waals surface area contributed by atoms with E-state index >= 15 is 0 Å². The van der Waals surface area contributed by atoms with E-state index in [1.807, 2.05) is 48.5 Å². The first-order chi connectivity index (χ1) is 21.5. The molecule has 0 aliphatic carbocycles. The summed E-state index contributed by atoms with van der Waals surface area (Å²) in [7, 11) is 3.19. The molecule has 0 amide bonds. The molecule has 4 aromatic carbocycles. The molecule has 222 valence electrons. The number of fused-ring (bicyclic) bond motifs is 4. The van der Waals surface area contributed by atoms with Crippen LogP contribution in [-0.2, 0) is 17.6 Å². The minimum atomic E-state index is -0.489. The number of hydrogen-bond donors (Lipinski definition) is 0. The van der Waals surface area contributed by atoms with Gasteiger partial charge in [-0.25, -0.2) is 0 Å². The Hall–Kier alpha value is -5.24. The number of ketones is 1. The number of para-hydroxylation sites is 1. The second-order valence-electron chi connectivity index (χ2n) is 10.8. The van der Waals surface area contributed by atoms with Crippen molar-refractivity contribution in [2.45, 2.75) is 25.2 Å². The van der Waals surface area contributed by atoms with Crippen molar-refractivity contribution >= 4 is 17.8 Å². The molecule has 0 saturated carbocycles. The molecule has 0 radical (unpaired) electrons. The maximum Gasteiger partial charge on any atom is 0.312 e. The Morgan fingerprint density at radius 2 is 1.75 bits per heavy atom. The van der Waals surface area contributed by atoms with E-state index in [1.54, 1.807) is 32.4 Å². The molecule has 3 aliphatic rings. The van der Waals surface area contributed by atoms with E-state index in [2.05, 4.69) is 12.1 Å². The van der Waals surface area contributed by atoms with E-state index in [0.717, 1.165) is 28.9 Å². The van der Waals surface area contributed by atoms with Crippen LogP contribution in [-0.4, -0.2) is 39.2 Å². The van der Waals surface area contributed by atoms with E-state index in [4.69, 9.17) is 28.4 Å². The highest BCUT2D eigenvalue weighted by Crippen LogP contribution is 2.51.